The first-order valence-electron chi connectivity index (χ1n) is 9.18. The van der Waals surface area contributed by atoms with Gasteiger partial charge >= 0.3 is 0 Å². The Balaban J connectivity index is 1.41. The molecule has 1 aromatic heterocycles. The van der Waals surface area contributed by atoms with Crippen LogP contribution in [0.15, 0.2) is 35.4 Å². The van der Waals surface area contributed by atoms with Gasteiger partial charge in [-0.2, -0.15) is 0 Å². The molecule has 2 aromatic rings. The summed E-state index contributed by atoms with van der Waals surface area (Å²) >= 11 is 0. The van der Waals surface area contributed by atoms with Crippen LogP contribution in [0.25, 0.3) is 10.9 Å². The number of rotatable bonds is 3. The molecule has 0 aliphatic carbocycles. The molecule has 0 saturated carbocycles. The van der Waals surface area contributed by atoms with E-state index in [0.29, 0.717) is 17.8 Å². The zero-order valence-electron chi connectivity index (χ0n) is 14.4. The van der Waals surface area contributed by atoms with Gasteiger partial charge in [-0.3, -0.25) is 19.1 Å². The van der Waals surface area contributed by atoms with Crippen molar-refractivity contribution in [3.8, 4) is 0 Å². The lowest BCUT2D eigenvalue weighted by atomic mass is 9.94. The first-order chi connectivity index (χ1) is 12.2. The molecule has 0 radical (unpaired) electrons. The van der Waals surface area contributed by atoms with E-state index in [2.05, 4.69) is 15.2 Å². The molecule has 1 amide bonds. The summed E-state index contributed by atoms with van der Waals surface area (Å²) in [4.78, 5) is 31.4. The number of hydrogen-bond donors (Lipinski definition) is 1. The van der Waals surface area contributed by atoms with Crippen LogP contribution < -0.4 is 10.9 Å². The van der Waals surface area contributed by atoms with Gasteiger partial charge in [0.2, 0.25) is 5.91 Å². The predicted octanol–water partition coefficient (Wildman–Crippen LogP) is 1.39. The van der Waals surface area contributed by atoms with Crippen LogP contribution in [-0.4, -0.2) is 46.0 Å². The second-order valence-electron chi connectivity index (χ2n) is 7.15. The Morgan fingerprint density at radius 2 is 1.92 bits per heavy atom. The van der Waals surface area contributed by atoms with Crippen molar-refractivity contribution in [1.82, 2.24) is 19.8 Å². The number of carbonyl (C=O) groups is 1. The highest BCUT2D eigenvalue weighted by molar-refractivity contribution is 5.82. The van der Waals surface area contributed by atoms with Crippen molar-refractivity contribution in [2.75, 3.05) is 19.6 Å². The minimum absolute atomic E-state index is 0.0414. The minimum Gasteiger partial charge on any atom is -0.355 e. The second kappa shape index (κ2) is 6.96. The third-order valence-corrected chi connectivity index (χ3v) is 5.53. The molecule has 6 heteroatoms. The van der Waals surface area contributed by atoms with Gasteiger partial charge < -0.3 is 5.32 Å². The maximum Gasteiger partial charge on any atom is 0.261 e. The molecule has 3 heterocycles. The van der Waals surface area contributed by atoms with Gasteiger partial charge in [0, 0.05) is 13.1 Å². The van der Waals surface area contributed by atoms with Gasteiger partial charge in [-0.25, -0.2) is 4.98 Å². The van der Waals surface area contributed by atoms with Crippen molar-refractivity contribution in [3.63, 3.8) is 0 Å². The molecule has 1 unspecified atom stereocenters. The van der Waals surface area contributed by atoms with Crippen LogP contribution in [0.5, 0.6) is 0 Å². The summed E-state index contributed by atoms with van der Waals surface area (Å²) in [5.74, 6) is 0.642. The molecule has 2 aliphatic rings. The number of piperidine rings is 2. The van der Waals surface area contributed by atoms with Crippen LogP contribution in [0.3, 0.4) is 0 Å². The first-order valence-corrected chi connectivity index (χ1v) is 9.18. The van der Waals surface area contributed by atoms with E-state index in [1.54, 1.807) is 10.9 Å². The van der Waals surface area contributed by atoms with E-state index in [0.717, 1.165) is 50.8 Å². The third-order valence-electron chi connectivity index (χ3n) is 5.53. The van der Waals surface area contributed by atoms with Gasteiger partial charge in [0.1, 0.15) is 0 Å². The van der Waals surface area contributed by atoms with Crippen molar-refractivity contribution in [3.05, 3.63) is 40.9 Å². The molecule has 2 saturated heterocycles. The quantitative estimate of drug-likeness (QED) is 0.917. The molecule has 2 fully saturated rings. The van der Waals surface area contributed by atoms with Gasteiger partial charge in [0.05, 0.1) is 23.3 Å². The van der Waals surface area contributed by atoms with Crippen molar-refractivity contribution in [2.45, 2.75) is 38.3 Å². The zero-order chi connectivity index (χ0) is 17.2. The van der Waals surface area contributed by atoms with Crippen LogP contribution in [0.2, 0.25) is 0 Å². The van der Waals surface area contributed by atoms with E-state index in [9.17, 15) is 9.59 Å². The number of carbonyl (C=O) groups excluding carboxylic acids is 1. The molecule has 1 N–H and O–H groups in total. The topological polar surface area (TPSA) is 67.2 Å². The molecule has 1 atom stereocenters. The summed E-state index contributed by atoms with van der Waals surface area (Å²) in [7, 11) is 0. The molecule has 132 valence electrons. The molecule has 6 nitrogen and oxygen atoms in total. The van der Waals surface area contributed by atoms with E-state index < -0.39 is 0 Å². The summed E-state index contributed by atoms with van der Waals surface area (Å²) in [6, 6.07) is 7.53. The fourth-order valence-corrected chi connectivity index (χ4v) is 4.07. The van der Waals surface area contributed by atoms with E-state index >= 15 is 0 Å². The van der Waals surface area contributed by atoms with Crippen LogP contribution in [0, 0.1) is 5.92 Å². The van der Waals surface area contributed by atoms with Crippen molar-refractivity contribution in [1.29, 1.82) is 0 Å². The summed E-state index contributed by atoms with van der Waals surface area (Å²) in [6.07, 6.45) is 5.73. The Labute approximate surface area is 146 Å². The summed E-state index contributed by atoms with van der Waals surface area (Å²) in [5, 5.41) is 3.65. The molecule has 4 rings (SSSR count). The monoisotopic (exact) mass is 340 g/mol. The Kier molecular flexibility index (Phi) is 4.53. The largest absolute Gasteiger partial charge is 0.355 e. The number of hydrogen-bond acceptors (Lipinski definition) is 4. The highest BCUT2D eigenvalue weighted by Gasteiger charge is 2.31. The maximum absolute atomic E-state index is 12.6. The molecular formula is C19H24N4O2. The summed E-state index contributed by atoms with van der Waals surface area (Å²) in [6.45, 7) is 3.38. The smallest absolute Gasteiger partial charge is 0.261 e. The Morgan fingerprint density at radius 3 is 2.72 bits per heavy atom. The molecule has 2 aliphatic heterocycles. The van der Waals surface area contributed by atoms with E-state index in [-0.39, 0.29) is 17.5 Å². The van der Waals surface area contributed by atoms with Crippen LogP contribution >= 0.6 is 0 Å². The lowest BCUT2D eigenvalue weighted by Crippen LogP contribution is -2.52. The fraction of sp³-hybridized carbons (Fsp3) is 0.526. The SMILES string of the molecule is O=C1NCCCC1N1CCC(Cn2cnc3ccccc3c2=O)CC1. The zero-order valence-corrected chi connectivity index (χ0v) is 14.4. The van der Waals surface area contributed by atoms with E-state index in [1.807, 2.05) is 24.3 Å². The first kappa shape index (κ1) is 16.3. The third kappa shape index (κ3) is 3.31. The fourth-order valence-electron chi connectivity index (χ4n) is 4.07. The second-order valence-corrected chi connectivity index (χ2v) is 7.15. The average Bonchev–Trinajstić information content (AvgIpc) is 2.65. The number of likely N-dealkylation sites (tertiary alicyclic amines) is 1. The molecule has 0 spiro atoms. The number of nitrogens with one attached hydrogen (secondary N) is 1. The van der Waals surface area contributed by atoms with E-state index in [4.69, 9.17) is 0 Å². The number of para-hydroxylation sites is 1. The molecular weight excluding hydrogens is 316 g/mol. The van der Waals surface area contributed by atoms with Gasteiger partial charge in [-0.1, -0.05) is 12.1 Å². The van der Waals surface area contributed by atoms with Gasteiger partial charge in [0.15, 0.2) is 0 Å². The number of aromatic nitrogens is 2. The average molecular weight is 340 g/mol. The van der Waals surface area contributed by atoms with Crippen molar-refractivity contribution >= 4 is 16.8 Å². The Morgan fingerprint density at radius 1 is 1.12 bits per heavy atom. The lowest BCUT2D eigenvalue weighted by Gasteiger charge is -2.38. The number of nitrogens with zero attached hydrogens (tertiary/aromatic N) is 3. The minimum atomic E-state index is 0.0414. The van der Waals surface area contributed by atoms with Gasteiger partial charge in [-0.15, -0.1) is 0 Å². The Hall–Kier alpha value is -2.21. The summed E-state index contributed by atoms with van der Waals surface area (Å²) in [5.41, 5.74) is 0.793. The van der Waals surface area contributed by atoms with Gasteiger partial charge in [-0.05, 0) is 56.8 Å². The standard InChI is InChI=1S/C19H24N4O2/c24-18-17(6-3-9-20-18)22-10-7-14(8-11-22)12-23-13-21-16-5-2-1-4-15(16)19(23)25/h1-2,4-5,13-14,17H,3,6-12H2,(H,20,24). The number of fused-ring (bicyclic) bond motifs is 1. The molecule has 25 heavy (non-hydrogen) atoms. The van der Waals surface area contributed by atoms with Gasteiger partial charge in [0.25, 0.3) is 5.56 Å². The predicted molar refractivity (Wildman–Crippen MR) is 96.3 cm³/mol. The van der Waals surface area contributed by atoms with Crippen molar-refractivity contribution < 1.29 is 4.79 Å². The van der Waals surface area contributed by atoms with E-state index in [1.165, 1.54) is 0 Å². The number of amides is 1. The van der Waals surface area contributed by atoms with Crippen LogP contribution in [0.4, 0.5) is 0 Å². The Bertz CT molecular complexity index is 824. The van der Waals surface area contributed by atoms with Crippen LogP contribution in [-0.2, 0) is 11.3 Å². The lowest BCUT2D eigenvalue weighted by molar-refractivity contribution is -0.128. The van der Waals surface area contributed by atoms with Crippen LogP contribution in [0.1, 0.15) is 25.7 Å². The maximum atomic E-state index is 12.6. The highest BCUT2D eigenvalue weighted by atomic mass is 16.2. The molecule has 1 aromatic carbocycles. The summed E-state index contributed by atoms with van der Waals surface area (Å²) < 4.78 is 1.75. The highest BCUT2D eigenvalue weighted by Crippen LogP contribution is 2.23. The number of benzene rings is 1. The molecule has 0 bridgehead atoms. The van der Waals surface area contributed by atoms with Crippen molar-refractivity contribution in [2.24, 2.45) is 5.92 Å². The normalized spacial score (nSPS) is 22.9.